The molecule has 0 radical (unpaired) electrons. The SMILES string of the molecule is COc1ccc(CCN2C(=O)[C@@H]3C4C=CC([C@H]3C2=O)[C@@H]2C(=O)N(CCc3ccc(OC)c(OC)c3)C(=O)[C@@H]42)cc1OC. The number of rotatable bonds is 10. The van der Waals surface area contributed by atoms with Gasteiger partial charge in [-0.15, -0.1) is 0 Å². The van der Waals surface area contributed by atoms with Crippen molar-refractivity contribution in [3.8, 4) is 23.0 Å². The van der Waals surface area contributed by atoms with Gasteiger partial charge in [0.1, 0.15) is 0 Å². The molecule has 42 heavy (non-hydrogen) atoms. The van der Waals surface area contributed by atoms with Crippen LogP contribution in [0.1, 0.15) is 11.1 Å². The van der Waals surface area contributed by atoms with Crippen molar-refractivity contribution in [2.45, 2.75) is 12.8 Å². The Morgan fingerprint density at radius 1 is 0.524 bits per heavy atom. The second-order valence-electron chi connectivity index (χ2n) is 11.2. The zero-order valence-corrected chi connectivity index (χ0v) is 24.1. The summed E-state index contributed by atoms with van der Waals surface area (Å²) in [7, 11) is 6.23. The van der Waals surface area contributed by atoms with Crippen LogP contribution in [0.2, 0.25) is 0 Å². The lowest BCUT2D eigenvalue weighted by Gasteiger charge is -2.44. The maximum Gasteiger partial charge on any atom is 0.233 e. The number of nitrogens with zero attached hydrogens (tertiary/aromatic N) is 2. The van der Waals surface area contributed by atoms with Crippen LogP contribution < -0.4 is 18.9 Å². The van der Waals surface area contributed by atoms with Crippen molar-refractivity contribution in [2.24, 2.45) is 35.5 Å². The van der Waals surface area contributed by atoms with E-state index in [1.807, 2.05) is 36.4 Å². The molecule has 0 N–H and O–H groups in total. The van der Waals surface area contributed by atoms with E-state index in [-0.39, 0.29) is 36.7 Å². The lowest BCUT2D eigenvalue weighted by molar-refractivity contribution is -0.140. The van der Waals surface area contributed by atoms with Crippen molar-refractivity contribution in [1.29, 1.82) is 0 Å². The fourth-order valence-electron chi connectivity index (χ4n) is 7.34. The summed E-state index contributed by atoms with van der Waals surface area (Å²) in [6.07, 6.45) is 4.68. The van der Waals surface area contributed by atoms with Gasteiger partial charge in [-0.1, -0.05) is 24.3 Å². The average molecular weight is 575 g/mol. The third-order valence-corrected chi connectivity index (χ3v) is 9.34. The number of methoxy groups -OCH3 is 4. The number of likely N-dealkylation sites (tertiary alicyclic amines) is 2. The highest BCUT2D eigenvalue weighted by atomic mass is 16.5. The molecule has 3 fully saturated rings. The summed E-state index contributed by atoms with van der Waals surface area (Å²) in [5, 5.41) is 0. The molecule has 10 nitrogen and oxygen atoms in total. The van der Waals surface area contributed by atoms with E-state index in [1.165, 1.54) is 9.80 Å². The van der Waals surface area contributed by atoms with Gasteiger partial charge >= 0.3 is 0 Å². The van der Waals surface area contributed by atoms with Crippen LogP contribution in [0, 0.1) is 35.5 Å². The molecule has 5 aliphatic rings. The van der Waals surface area contributed by atoms with Gasteiger partial charge < -0.3 is 18.9 Å². The molecule has 3 aliphatic carbocycles. The van der Waals surface area contributed by atoms with Gasteiger partial charge in [0.25, 0.3) is 0 Å². The summed E-state index contributed by atoms with van der Waals surface area (Å²) in [5.74, 6) is -2.13. The molecule has 2 aromatic carbocycles. The van der Waals surface area contributed by atoms with Crippen LogP contribution in [0.5, 0.6) is 23.0 Å². The van der Waals surface area contributed by atoms with E-state index in [9.17, 15) is 19.2 Å². The second-order valence-corrected chi connectivity index (χ2v) is 11.2. The molecule has 2 aromatic rings. The molecular formula is C32H34N2O8. The molecule has 10 heteroatoms. The van der Waals surface area contributed by atoms with E-state index in [0.29, 0.717) is 35.8 Å². The average Bonchev–Trinajstić information content (AvgIpc) is 3.44. The zero-order chi connectivity index (χ0) is 29.7. The first-order chi connectivity index (χ1) is 20.3. The standard InChI is InChI=1S/C32H34N2O8/c1-39-21-9-5-17(15-23(21)41-3)11-13-33-29(35)25-19-7-8-20(26(25)30(33)36)28-27(19)31(37)34(32(28)38)14-12-18-6-10-22(40-2)24(16-18)42-4/h5-10,15-16,19-20,25-28H,11-14H2,1-4H3/t19?,20?,25-,26-,27+,28+. The number of amides is 4. The van der Waals surface area contributed by atoms with Crippen LogP contribution in [0.25, 0.3) is 0 Å². The van der Waals surface area contributed by atoms with Gasteiger partial charge in [-0.25, -0.2) is 0 Å². The third kappa shape index (κ3) is 4.23. The van der Waals surface area contributed by atoms with E-state index < -0.39 is 35.5 Å². The number of hydrogen-bond acceptors (Lipinski definition) is 8. The molecule has 2 heterocycles. The Balaban J connectivity index is 1.17. The van der Waals surface area contributed by atoms with Crippen molar-refractivity contribution in [3.05, 3.63) is 59.7 Å². The zero-order valence-electron chi connectivity index (χ0n) is 24.1. The monoisotopic (exact) mass is 574 g/mol. The topological polar surface area (TPSA) is 112 Å². The minimum absolute atomic E-state index is 0.217. The maximum absolute atomic E-state index is 13.7. The molecular weight excluding hydrogens is 540 g/mol. The summed E-state index contributed by atoms with van der Waals surface area (Å²) in [6.45, 7) is 0.433. The number of carbonyl (C=O) groups is 4. The fourth-order valence-corrected chi connectivity index (χ4v) is 7.34. The van der Waals surface area contributed by atoms with Crippen molar-refractivity contribution in [2.75, 3.05) is 41.5 Å². The van der Waals surface area contributed by atoms with Gasteiger partial charge in [-0.05, 0) is 48.2 Å². The normalized spacial score (nSPS) is 27.4. The summed E-state index contributed by atoms with van der Waals surface area (Å²) in [5.41, 5.74) is 1.80. The van der Waals surface area contributed by atoms with Gasteiger partial charge in [0.15, 0.2) is 23.0 Å². The van der Waals surface area contributed by atoms with Crippen LogP contribution in [-0.2, 0) is 32.0 Å². The van der Waals surface area contributed by atoms with Gasteiger partial charge in [0.2, 0.25) is 23.6 Å². The molecule has 2 unspecified atom stereocenters. The lowest BCUT2D eigenvalue weighted by atomic mass is 9.54. The third-order valence-electron chi connectivity index (χ3n) is 9.34. The number of imide groups is 2. The first-order valence-electron chi connectivity index (χ1n) is 14.1. The highest BCUT2D eigenvalue weighted by Crippen LogP contribution is 2.57. The number of carbonyl (C=O) groups excluding carboxylic acids is 4. The lowest BCUT2D eigenvalue weighted by Crippen LogP contribution is -2.50. The van der Waals surface area contributed by atoms with Crippen molar-refractivity contribution < 1.29 is 38.1 Å². The van der Waals surface area contributed by atoms with Crippen LogP contribution in [-0.4, -0.2) is 75.0 Å². The number of allylic oxidation sites excluding steroid dienone is 2. The smallest absolute Gasteiger partial charge is 0.233 e. The van der Waals surface area contributed by atoms with Crippen molar-refractivity contribution in [3.63, 3.8) is 0 Å². The number of hydrogen-bond donors (Lipinski definition) is 0. The molecule has 2 bridgehead atoms. The Morgan fingerprint density at radius 2 is 0.857 bits per heavy atom. The summed E-state index contributed by atoms with van der Waals surface area (Å²) < 4.78 is 21.3. The van der Waals surface area contributed by atoms with Gasteiger partial charge in [-0.3, -0.25) is 29.0 Å². The molecule has 220 valence electrons. The first kappa shape index (κ1) is 27.8. The van der Waals surface area contributed by atoms with E-state index in [0.717, 1.165) is 11.1 Å². The van der Waals surface area contributed by atoms with Crippen LogP contribution in [0.15, 0.2) is 48.6 Å². The molecule has 0 spiro atoms. The van der Waals surface area contributed by atoms with Crippen molar-refractivity contribution in [1.82, 2.24) is 9.80 Å². The summed E-state index contributed by atoms with van der Waals surface area (Å²) in [4.78, 5) is 57.3. The highest BCUT2D eigenvalue weighted by molar-refractivity contribution is 6.10. The second kappa shape index (κ2) is 10.8. The Morgan fingerprint density at radius 3 is 1.17 bits per heavy atom. The molecule has 2 saturated heterocycles. The van der Waals surface area contributed by atoms with E-state index in [1.54, 1.807) is 40.6 Å². The molecule has 2 aliphatic heterocycles. The molecule has 7 rings (SSSR count). The number of ether oxygens (including phenoxy) is 4. The fraction of sp³-hybridized carbons (Fsp3) is 0.438. The van der Waals surface area contributed by atoms with Crippen LogP contribution in [0.4, 0.5) is 0 Å². The Kier molecular flexibility index (Phi) is 7.16. The van der Waals surface area contributed by atoms with Crippen LogP contribution >= 0.6 is 0 Å². The largest absolute Gasteiger partial charge is 0.493 e. The Hall–Kier alpha value is -4.34. The van der Waals surface area contributed by atoms with E-state index in [4.69, 9.17) is 18.9 Å². The van der Waals surface area contributed by atoms with Gasteiger partial charge in [-0.2, -0.15) is 0 Å². The minimum atomic E-state index is -0.623. The Bertz CT molecular complexity index is 1330. The maximum atomic E-state index is 13.7. The van der Waals surface area contributed by atoms with Gasteiger partial charge in [0.05, 0.1) is 52.1 Å². The minimum Gasteiger partial charge on any atom is -0.493 e. The van der Waals surface area contributed by atoms with Crippen LogP contribution in [0.3, 0.4) is 0 Å². The van der Waals surface area contributed by atoms with E-state index in [2.05, 4.69) is 0 Å². The molecule has 1 saturated carbocycles. The Labute approximate surface area is 244 Å². The first-order valence-corrected chi connectivity index (χ1v) is 14.1. The predicted octanol–water partition coefficient (Wildman–Crippen LogP) is 2.52. The molecule has 0 aromatic heterocycles. The van der Waals surface area contributed by atoms with E-state index >= 15 is 0 Å². The quantitative estimate of drug-likeness (QED) is 0.315. The highest BCUT2D eigenvalue weighted by Gasteiger charge is 2.68. The van der Waals surface area contributed by atoms with Crippen molar-refractivity contribution >= 4 is 23.6 Å². The van der Waals surface area contributed by atoms with Gasteiger partial charge in [0, 0.05) is 24.9 Å². The number of benzene rings is 2. The predicted molar refractivity (Wildman–Crippen MR) is 150 cm³/mol. The molecule has 6 atom stereocenters. The summed E-state index contributed by atoms with van der Waals surface area (Å²) in [6, 6.07) is 11.0. The molecule has 4 amide bonds. The summed E-state index contributed by atoms with van der Waals surface area (Å²) >= 11 is 0.